The van der Waals surface area contributed by atoms with E-state index >= 15 is 0 Å². The Morgan fingerprint density at radius 2 is 1.72 bits per heavy atom. The third kappa shape index (κ3) is 6.39. The highest BCUT2D eigenvalue weighted by molar-refractivity contribution is 5.79. The number of nitrogens with zero attached hydrogens (tertiary/aromatic N) is 1. The van der Waals surface area contributed by atoms with Crippen molar-refractivity contribution in [3.05, 3.63) is 0 Å². The van der Waals surface area contributed by atoms with Crippen molar-refractivity contribution in [3.63, 3.8) is 0 Å². The van der Waals surface area contributed by atoms with Gasteiger partial charge in [-0.15, -0.1) is 0 Å². The zero-order valence-corrected chi connectivity index (χ0v) is 18.0. The summed E-state index contributed by atoms with van der Waals surface area (Å²) in [6.45, 7) is 6.49. The molecule has 3 unspecified atom stereocenters. The molecule has 0 radical (unpaired) electrons. The van der Waals surface area contributed by atoms with Gasteiger partial charge in [0.25, 0.3) is 0 Å². The number of ether oxygens (including phenoxy) is 3. The molecule has 2 aliphatic heterocycles. The van der Waals surface area contributed by atoms with Crippen molar-refractivity contribution in [2.24, 2.45) is 11.8 Å². The molecule has 3 atom stereocenters. The van der Waals surface area contributed by atoms with Crippen LogP contribution in [0.4, 0.5) is 0 Å². The van der Waals surface area contributed by atoms with Gasteiger partial charge in [0.05, 0.1) is 32.0 Å². The summed E-state index contributed by atoms with van der Waals surface area (Å²) in [6, 6.07) is 0.354. The van der Waals surface area contributed by atoms with Crippen LogP contribution in [-0.2, 0) is 19.0 Å². The van der Waals surface area contributed by atoms with Crippen molar-refractivity contribution >= 4 is 5.91 Å². The summed E-state index contributed by atoms with van der Waals surface area (Å²) in [6.07, 6.45) is 11.8. The lowest BCUT2D eigenvalue weighted by Crippen LogP contribution is -2.50. The molecule has 2 aliphatic carbocycles. The minimum absolute atomic E-state index is 0.170. The fourth-order valence-electron chi connectivity index (χ4n) is 5.54. The largest absolute Gasteiger partial charge is 0.379 e. The molecule has 2 saturated carbocycles. The van der Waals surface area contributed by atoms with E-state index in [0.717, 1.165) is 91.0 Å². The van der Waals surface area contributed by atoms with Crippen molar-refractivity contribution in [1.82, 2.24) is 10.2 Å². The van der Waals surface area contributed by atoms with E-state index in [0.29, 0.717) is 30.1 Å². The van der Waals surface area contributed by atoms with Crippen molar-refractivity contribution in [2.75, 3.05) is 46.1 Å². The third-order valence-corrected chi connectivity index (χ3v) is 7.42. The van der Waals surface area contributed by atoms with Gasteiger partial charge in [0.1, 0.15) is 0 Å². The zero-order chi connectivity index (χ0) is 19.9. The van der Waals surface area contributed by atoms with E-state index in [1.165, 1.54) is 19.3 Å². The summed E-state index contributed by atoms with van der Waals surface area (Å²) in [4.78, 5) is 15.5. The monoisotopic (exact) mass is 408 g/mol. The molecule has 4 aliphatic rings. The van der Waals surface area contributed by atoms with Crippen LogP contribution in [0.3, 0.4) is 0 Å². The molecule has 4 rings (SSSR count). The Hall–Kier alpha value is -0.690. The predicted octanol–water partition coefficient (Wildman–Crippen LogP) is 2.75. The first kappa shape index (κ1) is 21.5. The van der Waals surface area contributed by atoms with Gasteiger partial charge in [-0.05, 0) is 57.3 Å². The quantitative estimate of drug-likeness (QED) is 0.702. The SMILES string of the molecule is O=C(NC1CCCCC1CN1CCOCC1)C1CCC(OCC2CCCO2)CC1. The smallest absolute Gasteiger partial charge is 0.223 e. The normalized spacial score (nSPS) is 36.8. The number of nitrogens with one attached hydrogen (secondary N) is 1. The lowest BCUT2D eigenvalue weighted by atomic mass is 9.82. The minimum Gasteiger partial charge on any atom is -0.379 e. The van der Waals surface area contributed by atoms with Crippen LogP contribution >= 0.6 is 0 Å². The van der Waals surface area contributed by atoms with E-state index in [1.54, 1.807) is 0 Å². The molecule has 0 aromatic rings. The Morgan fingerprint density at radius 1 is 0.931 bits per heavy atom. The van der Waals surface area contributed by atoms with Gasteiger partial charge in [-0.1, -0.05) is 12.8 Å². The molecule has 1 N–H and O–H groups in total. The molecule has 166 valence electrons. The van der Waals surface area contributed by atoms with Crippen LogP contribution in [0, 0.1) is 11.8 Å². The summed E-state index contributed by atoms with van der Waals surface area (Å²) >= 11 is 0. The fraction of sp³-hybridized carbons (Fsp3) is 0.957. The van der Waals surface area contributed by atoms with Gasteiger partial charge in [0, 0.05) is 38.2 Å². The predicted molar refractivity (Wildman–Crippen MR) is 112 cm³/mol. The second kappa shape index (κ2) is 11.1. The van der Waals surface area contributed by atoms with Crippen LogP contribution in [-0.4, -0.2) is 75.1 Å². The standard InChI is InChI=1S/C23H40N2O4/c26-23(18-7-9-20(10-8-18)29-17-21-5-3-13-28-21)24-22-6-2-1-4-19(22)16-25-11-14-27-15-12-25/h18-22H,1-17H2,(H,24,26). The first-order chi connectivity index (χ1) is 14.3. The Balaban J connectivity index is 1.18. The Bertz CT molecular complexity index is 497. The number of amides is 1. The van der Waals surface area contributed by atoms with Gasteiger partial charge < -0.3 is 19.5 Å². The van der Waals surface area contributed by atoms with Gasteiger partial charge >= 0.3 is 0 Å². The molecular weight excluding hydrogens is 368 g/mol. The van der Waals surface area contributed by atoms with Crippen molar-refractivity contribution in [2.45, 2.75) is 82.5 Å². The van der Waals surface area contributed by atoms with E-state index in [1.807, 2.05) is 0 Å². The lowest BCUT2D eigenvalue weighted by molar-refractivity contribution is -0.128. The zero-order valence-electron chi connectivity index (χ0n) is 18.0. The van der Waals surface area contributed by atoms with Crippen molar-refractivity contribution in [1.29, 1.82) is 0 Å². The highest BCUT2D eigenvalue weighted by Gasteiger charge is 2.32. The highest BCUT2D eigenvalue weighted by atomic mass is 16.5. The summed E-state index contributed by atoms with van der Waals surface area (Å²) in [5.41, 5.74) is 0. The number of carbonyl (C=O) groups is 1. The highest BCUT2D eigenvalue weighted by Crippen LogP contribution is 2.30. The summed E-state index contributed by atoms with van der Waals surface area (Å²) < 4.78 is 17.2. The molecular formula is C23H40N2O4. The molecule has 2 saturated heterocycles. The van der Waals surface area contributed by atoms with E-state index in [-0.39, 0.29) is 5.92 Å². The molecule has 0 aromatic heterocycles. The van der Waals surface area contributed by atoms with Crippen LogP contribution in [0.5, 0.6) is 0 Å². The lowest BCUT2D eigenvalue weighted by Gasteiger charge is -2.38. The first-order valence-electron chi connectivity index (χ1n) is 12.1. The number of morpholine rings is 1. The van der Waals surface area contributed by atoms with Crippen LogP contribution in [0.1, 0.15) is 64.2 Å². The molecule has 0 bridgehead atoms. The molecule has 4 fully saturated rings. The van der Waals surface area contributed by atoms with Crippen LogP contribution < -0.4 is 5.32 Å². The Labute approximate surface area is 176 Å². The maximum Gasteiger partial charge on any atom is 0.223 e. The molecule has 6 nitrogen and oxygen atoms in total. The van der Waals surface area contributed by atoms with Gasteiger partial charge in [0.2, 0.25) is 5.91 Å². The second-order valence-corrected chi connectivity index (χ2v) is 9.51. The van der Waals surface area contributed by atoms with Crippen LogP contribution in [0.15, 0.2) is 0 Å². The minimum atomic E-state index is 0.170. The fourth-order valence-corrected chi connectivity index (χ4v) is 5.54. The van der Waals surface area contributed by atoms with E-state index < -0.39 is 0 Å². The average molecular weight is 409 g/mol. The van der Waals surface area contributed by atoms with E-state index in [4.69, 9.17) is 14.2 Å². The van der Waals surface area contributed by atoms with Gasteiger partial charge in [-0.25, -0.2) is 0 Å². The number of rotatable bonds is 7. The van der Waals surface area contributed by atoms with E-state index in [2.05, 4.69) is 10.2 Å². The Morgan fingerprint density at radius 3 is 2.48 bits per heavy atom. The molecule has 6 heteroatoms. The van der Waals surface area contributed by atoms with Crippen LogP contribution in [0.2, 0.25) is 0 Å². The summed E-state index contributed by atoms with van der Waals surface area (Å²) in [7, 11) is 0. The van der Waals surface area contributed by atoms with E-state index in [9.17, 15) is 4.79 Å². The van der Waals surface area contributed by atoms with Gasteiger partial charge in [0.15, 0.2) is 0 Å². The van der Waals surface area contributed by atoms with Crippen molar-refractivity contribution < 1.29 is 19.0 Å². The number of hydrogen-bond donors (Lipinski definition) is 1. The van der Waals surface area contributed by atoms with Gasteiger partial charge in [-0.2, -0.15) is 0 Å². The summed E-state index contributed by atoms with van der Waals surface area (Å²) in [5.74, 6) is 1.06. The topological polar surface area (TPSA) is 60.0 Å². The second-order valence-electron chi connectivity index (χ2n) is 9.51. The number of hydrogen-bond acceptors (Lipinski definition) is 5. The maximum absolute atomic E-state index is 13.0. The van der Waals surface area contributed by atoms with Crippen molar-refractivity contribution in [3.8, 4) is 0 Å². The molecule has 2 heterocycles. The Kier molecular flexibility index (Phi) is 8.23. The first-order valence-corrected chi connectivity index (χ1v) is 12.1. The maximum atomic E-state index is 13.0. The average Bonchev–Trinajstić information content (AvgIpc) is 3.28. The number of carbonyl (C=O) groups excluding carboxylic acids is 1. The molecule has 1 amide bonds. The van der Waals surface area contributed by atoms with Crippen LogP contribution in [0.25, 0.3) is 0 Å². The summed E-state index contributed by atoms with van der Waals surface area (Å²) in [5, 5.41) is 3.46. The third-order valence-electron chi connectivity index (χ3n) is 7.42. The molecule has 29 heavy (non-hydrogen) atoms. The van der Waals surface area contributed by atoms with Gasteiger partial charge in [-0.3, -0.25) is 9.69 Å². The molecule has 0 aromatic carbocycles. The molecule has 0 spiro atoms.